The van der Waals surface area contributed by atoms with Gasteiger partial charge in [-0.15, -0.1) is 0 Å². The Hall–Kier alpha value is -3.96. The normalized spacial score (nSPS) is 12.9. The predicted molar refractivity (Wildman–Crippen MR) is 147 cm³/mol. The Balaban J connectivity index is 1.77. The van der Waals surface area contributed by atoms with Crippen molar-refractivity contribution >= 4 is 59.6 Å². The molecule has 0 radical (unpaired) electrons. The Morgan fingerprint density at radius 3 is 1.68 bits per heavy atom. The van der Waals surface area contributed by atoms with Crippen LogP contribution in [0.2, 0.25) is 19.6 Å². The molecule has 0 amide bonds. The van der Waals surface area contributed by atoms with Gasteiger partial charge in [-0.05, 0) is 71.5 Å². The van der Waals surface area contributed by atoms with Gasteiger partial charge in [0.2, 0.25) is 0 Å². The van der Waals surface area contributed by atoms with Crippen molar-refractivity contribution in [3.8, 4) is 11.1 Å². The highest BCUT2D eigenvalue weighted by atomic mass is 28.3. The van der Waals surface area contributed by atoms with Crippen molar-refractivity contribution in [2.45, 2.75) is 19.6 Å². The monoisotopic (exact) mass is 458 g/mol. The van der Waals surface area contributed by atoms with Gasteiger partial charge < -0.3 is 9.97 Å². The molecular formula is C29H26N4Si. The van der Waals surface area contributed by atoms with E-state index in [-0.39, 0.29) is 0 Å². The summed E-state index contributed by atoms with van der Waals surface area (Å²) in [5, 5.41) is 1.41. The van der Waals surface area contributed by atoms with Gasteiger partial charge in [0, 0.05) is 27.6 Å². The molecule has 5 heterocycles. The summed E-state index contributed by atoms with van der Waals surface area (Å²) in [6.07, 6.45) is 8.31. The third kappa shape index (κ3) is 3.84. The fourth-order valence-electron chi connectivity index (χ4n) is 4.76. The summed E-state index contributed by atoms with van der Waals surface area (Å²) in [6.45, 7) is 7.21. The van der Waals surface area contributed by atoms with Gasteiger partial charge in [-0.2, -0.15) is 0 Å². The number of aromatic amines is 2. The van der Waals surface area contributed by atoms with Crippen molar-refractivity contribution in [3.63, 3.8) is 0 Å². The van der Waals surface area contributed by atoms with E-state index in [2.05, 4.69) is 121 Å². The second-order valence-electron chi connectivity index (χ2n) is 9.85. The summed E-state index contributed by atoms with van der Waals surface area (Å²) in [4.78, 5) is 16.9. The number of aromatic nitrogens is 4. The van der Waals surface area contributed by atoms with Crippen LogP contribution in [0.25, 0.3) is 57.5 Å². The first kappa shape index (κ1) is 20.6. The van der Waals surface area contributed by atoms with E-state index in [0.29, 0.717) is 0 Å². The minimum Gasteiger partial charge on any atom is -0.355 e. The van der Waals surface area contributed by atoms with Crippen molar-refractivity contribution in [1.82, 2.24) is 19.9 Å². The van der Waals surface area contributed by atoms with Crippen LogP contribution in [-0.4, -0.2) is 28.0 Å². The maximum Gasteiger partial charge on any atom is 0.0812 e. The van der Waals surface area contributed by atoms with Crippen LogP contribution in [0.15, 0.2) is 66.7 Å². The van der Waals surface area contributed by atoms with E-state index < -0.39 is 8.07 Å². The molecule has 0 saturated carbocycles. The molecule has 6 rings (SSSR count). The molecule has 0 unspecified atom stereocenters. The molecule has 2 N–H and O–H groups in total. The summed E-state index contributed by atoms with van der Waals surface area (Å²) in [5.74, 6) is 0. The van der Waals surface area contributed by atoms with Crippen molar-refractivity contribution in [2.24, 2.45) is 0 Å². The summed E-state index contributed by atoms with van der Waals surface area (Å²) in [5.41, 5.74) is 10.6. The van der Waals surface area contributed by atoms with Crippen LogP contribution in [-0.2, 0) is 0 Å². The fourth-order valence-corrected chi connectivity index (χ4v) is 6.73. The Morgan fingerprint density at radius 2 is 1.12 bits per heavy atom. The lowest BCUT2D eigenvalue weighted by molar-refractivity contribution is 1.31. The molecule has 34 heavy (non-hydrogen) atoms. The zero-order valence-electron chi connectivity index (χ0n) is 19.6. The molecule has 0 fully saturated rings. The van der Waals surface area contributed by atoms with E-state index in [1.165, 1.54) is 16.3 Å². The largest absolute Gasteiger partial charge is 0.355 e. The van der Waals surface area contributed by atoms with Crippen LogP contribution in [0, 0.1) is 0 Å². The highest BCUT2D eigenvalue weighted by Gasteiger charge is 2.26. The third-order valence-corrected chi connectivity index (χ3v) is 8.18. The first-order valence-corrected chi connectivity index (χ1v) is 15.1. The minimum absolute atomic E-state index is 0.936. The molecule has 1 aromatic carbocycles. The number of hydrogen-bond donors (Lipinski definition) is 2. The summed E-state index contributed by atoms with van der Waals surface area (Å²) in [6, 6.07) is 23.3. The lowest BCUT2D eigenvalue weighted by Crippen LogP contribution is -2.38. The van der Waals surface area contributed by atoms with Gasteiger partial charge in [0.05, 0.1) is 30.8 Å². The van der Waals surface area contributed by atoms with Gasteiger partial charge in [-0.25, -0.2) is 9.97 Å². The number of nitrogens with one attached hydrogen (secondary N) is 2. The van der Waals surface area contributed by atoms with Gasteiger partial charge in [-0.1, -0.05) is 50.0 Å². The number of hydrogen-bond acceptors (Lipinski definition) is 2. The predicted octanol–water partition coefficient (Wildman–Crippen LogP) is 6.87. The van der Waals surface area contributed by atoms with Crippen molar-refractivity contribution in [1.29, 1.82) is 0 Å². The van der Waals surface area contributed by atoms with E-state index >= 15 is 0 Å². The number of H-pyrrole nitrogens is 2. The molecule has 4 aromatic rings. The molecule has 0 atom stereocenters. The van der Waals surface area contributed by atoms with E-state index in [9.17, 15) is 0 Å². The summed E-state index contributed by atoms with van der Waals surface area (Å²) >= 11 is 0. The second kappa shape index (κ2) is 7.82. The summed E-state index contributed by atoms with van der Waals surface area (Å²) < 4.78 is 0. The van der Waals surface area contributed by atoms with Crippen LogP contribution in [0.3, 0.4) is 0 Å². The minimum atomic E-state index is -1.74. The Kier molecular flexibility index (Phi) is 4.74. The van der Waals surface area contributed by atoms with E-state index in [1.54, 1.807) is 0 Å². The fraction of sp³-hybridized carbons (Fsp3) is 0.103. The highest BCUT2D eigenvalue weighted by molar-refractivity contribution is 6.91. The van der Waals surface area contributed by atoms with Crippen LogP contribution >= 0.6 is 0 Å². The molecule has 3 aromatic heterocycles. The molecule has 0 aliphatic carbocycles. The molecule has 5 heteroatoms. The van der Waals surface area contributed by atoms with Crippen molar-refractivity contribution in [2.75, 3.05) is 0 Å². The van der Waals surface area contributed by atoms with Crippen LogP contribution < -0.4 is 5.19 Å². The zero-order chi connectivity index (χ0) is 23.3. The molecule has 2 aliphatic heterocycles. The van der Waals surface area contributed by atoms with E-state index in [1.807, 2.05) is 0 Å². The standard InChI is InChI=1S/C29H26N4Si/c1-34(2,3)29-27-18-25-14-12-23(32-25)16-21-10-9-20(30-21)15-22-11-13-24(31-22)17-26(33-27)28(29)19-7-5-4-6-8-19/h4-18,30,33H,1-3H3. The molecule has 8 bridgehead atoms. The zero-order valence-corrected chi connectivity index (χ0v) is 20.6. The van der Waals surface area contributed by atoms with Gasteiger partial charge in [0.25, 0.3) is 0 Å². The lowest BCUT2D eigenvalue weighted by atomic mass is 10.1. The Bertz CT molecular complexity index is 1630. The average Bonchev–Trinajstić information content (AvgIpc) is 3.58. The lowest BCUT2D eigenvalue weighted by Gasteiger charge is -2.18. The molecule has 4 nitrogen and oxygen atoms in total. The first-order valence-electron chi connectivity index (χ1n) is 11.6. The number of fused-ring (bicyclic) bond motifs is 8. The Labute approximate surface area is 199 Å². The Morgan fingerprint density at radius 1 is 0.588 bits per heavy atom. The number of rotatable bonds is 2. The van der Waals surface area contributed by atoms with Crippen LogP contribution in [0.4, 0.5) is 0 Å². The third-order valence-electron chi connectivity index (χ3n) is 6.16. The molecule has 0 saturated heterocycles. The smallest absolute Gasteiger partial charge is 0.0812 e. The molecule has 166 valence electrons. The molecule has 0 spiro atoms. The van der Waals surface area contributed by atoms with Crippen LogP contribution in [0.1, 0.15) is 22.8 Å². The average molecular weight is 459 g/mol. The highest BCUT2D eigenvalue weighted by Crippen LogP contribution is 2.29. The maximum atomic E-state index is 4.88. The van der Waals surface area contributed by atoms with Gasteiger partial charge in [-0.3, -0.25) is 0 Å². The van der Waals surface area contributed by atoms with Gasteiger partial charge in [0.15, 0.2) is 0 Å². The topological polar surface area (TPSA) is 57.4 Å². The molecular weight excluding hydrogens is 432 g/mol. The second-order valence-corrected chi connectivity index (χ2v) is 14.9. The van der Waals surface area contributed by atoms with E-state index in [4.69, 9.17) is 9.97 Å². The van der Waals surface area contributed by atoms with E-state index in [0.717, 1.165) is 44.8 Å². The number of benzene rings is 1. The quantitative estimate of drug-likeness (QED) is 0.278. The number of nitrogens with zero attached hydrogens (tertiary/aromatic N) is 2. The van der Waals surface area contributed by atoms with Gasteiger partial charge >= 0.3 is 0 Å². The van der Waals surface area contributed by atoms with Crippen molar-refractivity contribution in [3.05, 3.63) is 89.5 Å². The summed E-state index contributed by atoms with van der Waals surface area (Å²) in [7, 11) is -1.74. The van der Waals surface area contributed by atoms with Gasteiger partial charge in [0.1, 0.15) is 0 Å². The molecule has 2 aliphatic rings. The first-order chi connectivity index (χ1) is 16.4. The van der Waals surface area contributed by atoms with Crippen LogP contribution in [0.5, 0.6) is 0 Å². The SMILES string of the molecule is C[Si](C)(C)c1c(-c2ccccc2)c2cc3nc(cc4ccc(cc5nc(cc1[nH]2)C=C5)[nH]4)C=C3. The van der Waals surface area contributed by atoms with Crippen molar-refractivity contribution < 1.29 is 0 Å². The maximum absolute atomic E-state index is 4.88.